The fourth-order valence-corrected chi connectivity index (χ4v) is 2.06. The van der Waals surface area contributed by atoms with Crippen molar-refractivity contribution in [1.29, 1.82) is 0 Å². The zero-order chi connectivity index (χ0) is 19.0. The molecule has 0 aromatic heterocycles. The van der Waals surface area contributed by atoms with E-state index in [0.29, 0.717) is 24.6 Å². The van der Waals surface area contributed by atoms with Crippen LogP contribution in [0, 0.1) is 0 Å². The van der Waals surface area contributed by atoms with Crippen LogP contribution in [0.3, 0.4) is 0 Å². The van der Waals surface area contributed by atoms with Crippen LogP contribution in [0.15, 0.2) is 48.5 Å². The maximum atomic E-state index is 12.5. The van der Waals surface area contributed by atoms with E-state index < -0.39 is 11.7 Å². The molecule has 1 amide bonds. The van der Waals surface area contributed by atoms with Crippen molar-refractivity contribution in [3.63, 3.8) is 0 Å². The highest BCUT2D eigenvalue weighted by Crippen LogP contribution is 2.29. The van der Waals surface area contributed by atoms with Gasteiger partial charge in [0.2, 0.25) is 5.91 Å². The molecule has 0 saturated heterocycles. The minimum atomic E-state index is -4.39. The quantitative estimate of drug-likeness (QED) is 0.702. The lowest BCUT2D eigenvalue weighted by Gasteiger charge is -2.10. The molecule has 5 nitrogen and oxygen atoms in total. The zero-order valence-electron chi connectivity index (χ0n) is 14.1. The van der Waals surface area contributed by atoms with E-state index in [2.05, 4.69) is 10.6 Å². The SMILES string of the molecule is COc1ccc(OCCNCC(=O)Nc2ccc(C(F)(F)F)cc2)cc1. The van der Waals surface area contributed by atoms with Gasteiger partial charge in [-0.15, -0.1) is 0 Å². The number of hydrogen-bond donors (Lipinski definition) is 2. The van der Waals surface area contributed by atoms with E-state index >= 15 is 0 Å². The Bertz CT molecular complexity index is 701. The summed E-state index contributed by atoms with van der Waals surface area (Å²) in [4.78, 5) is 11.7. The molecule has 0 bridgehead atoms. The third kappa shape index (κ3) is 6.29. The summed E-state index contributed by atoms with van der Waals surface area (Å²) in [5, 5.41) is 5.41. The molecular weight excluding hydrogens is 349 g/mol. The van der Waals surface area contributed by atoms with Gasteiger partial charge >= 0.3 is 6.18 Å². The van der Waals surface area contributed by atoms with Gasteiger partial charge < -0.3 is 20.1 Å². The Morgan fingerprint density at radius 2 is 1.62 bits per heavy atom. The molecule has 0 unspecified atom stereocenters. The Morgan fingerprint density at radius 1 is 1.00 bits per heavy atom. The molecule has 2 N–H and O–H groups in total. The molecule has 0 aliphatic heterocycles. The van der Waals surface area contributed by atoms with Crippen LogP contribution in [0.4, 0.5) is 18.9 Å². The molecule has 0 aliphatic carbocycles. The Balaban J connectivity index is 1.65. The van der Waals surface area contributed by atoms with Gasteiger partial charge in [-0.1, -0.05) is 0 Å². The van der Waals surface area contributed by atoms with E-state index in [1.807, 2.05) is 0 Å². The van der Waals surface area contributed by atoms with Gasteiger partial charge in [-0.05, 0) is 48.5 Å². The highest BCUT2D eigenvalue weighted by atomic mass is 19.4. The Morgan fingerprint density at radius 3 is 2.19 bits per heavy atom. The summed E-state index contributed by atoms with van der Waals surface area (Å²) in [6, 6.07) is 11.4. The largest absolute Gasteiger partial charge is 0.497 e. The predicted molar refractivity (Wildman–Crippen MR) is 91.4 cm³/mol. The van der Waals surface area contributed by atoms with Crippen LogP contribution in [0.25, 0.3) is 0 Å². The number of halogens is 3. The number of methoxy groups -OCH3 is 1. The van der Waals surface area contributed by atoms with Gasteiger partial charge in [0.1, 0.15) is 18.1 Å². The molecule has 0 fully saturated rings. The topological polar surface area (TPSA) is 59.6 Å². The van der Waals surface area contributed by atoms with E-state index in [-0.39, 0.29) is 12.5 Å². The Kier molecular flexibility index (Phi) is 6.85. The van der Waals surface area contributed by atoms with Crippen LogP contribution in [0.2, 0.25) is 0 Å². The summed E-state index contributed by atoms with van der Waals surface area (Å²) >= 11 is 0. The number of alkyl halides is 3. The first-order valence-corrected chi connectivity index (χ1v) is 7.83. The fraction of sp³-hybridized carbons (Fsp3) is 0.278. The first-order chi connectivity index (χ1) is 12.4. The van der Waals surface area contributed by atoms with Gasteiger partial charge in [0, 0.05) is 12.2 Å². The van der Waals surface area contributed by atoms with Crippen molar-refractivity contribution in [2.45, 2.75) is 6.18 Å². The van der Waals surface area contributed by atoms with Gasteiger partial charge in [0.15, 0.2) is 0 Å². The minimum absolute atomic E-state index is 0.0208. The number of anilines is 1. The van der Waals surface area contributed by atoms with E-state index in [0.717, 1.165) is 17.9 Å². The van der Waals surface area contributed by atoms with Gasteiger partial charge in [0.25, 0.3) is 0 Å². The number of hydrogen-bond acceptors (Lipinski definition) is 4. The second kappa shape index (κ2) is 9.10. The average Bonchev–Trinajstić information content (AvgIpc) is 2.61. The second-order valence-corrected chi connectivity index (χ2v) is 5.32. The van der Waals surface area contributed by atoms with Gasteiger partial charge in [0.05, 0.1) is 19.2 Å². The summed E-state index contributed by atoms with van der Waals surface area (Å²) in [5.41, 5.74) is -0.455. The lowest BCUT2D eigenvalue weighted by molar-refractivity contribution is -0.137. The van der Waals surface area contributed by atoms with Crippen molar-refractivity contribution in [3.8, 4) is 11.5 Å². The third-order valence-corrected chi connectivity index (χ3v) is 3.39. The maximum Gasteiger partial charge on any atom is 0.416 e. The van der Waals surface area contributed by atoms with Gasteiger partial charge in [-0.25, -0.2) is 0 Å². The van der Waals surface area contributed by atoms with Crippen molar-refractivity contribution in [2.24, 2.45) is 0 Å². The summed E-state index contributed by atoms with van der Waals surface area (Å²) in [6.07, 6.45) is -4.39. The summed E-state index contributed by atoms with van der Waals surface area (Å²) < 4.78 is 47.9. The van der Waals surface area contributed by atoms with Crippen molar-refractivity contribution >= 4 is 11.6 Å². The molecule has 0 aliphatic rings. The lowest BCUT2D eigenvalue weighted by Crippen LogP contribution is -2.31. The Hall–Kier alpha value is -2.74. The monoisotopic (exact) mass is 368 g/mol. The standard InChI is InChI=1S/C18H19F3N2O3/c1-25-15-6-8-16(9-7-15)26-11-10-22-12-17(24)23-14-4-2-13(3-5-14)18(19,20)21/h2-9,22H,10-12H2,1H3,(H,23,24). The van der Waals surface area contributed by atoms with Crippen molar-refractivity contribution in [1.82, 2.24) is 5.32 Å². The molecule has 0 heterocycles. The Labute approximate surface area is 149 Å². The van der Waals surface area contributed by atoms with Crippen LogP contribution >= 0.6 is 0 Å². The van der Waals surface area contributed by atoms with Crippen LogP contribution in [-0.2, 0) is 11.0 Å². The van der Waals surface area contributed by atoms with Crippen LogP contribution in [0.5, 0.6) is 11.5 Å². The molecule has 2 aromatic carbocycles. The molecule has 26 heavy (non-hydrogen) atoms. The molecule has 8 heteroatoms. The smallest absolute Gasteiger partial charge is 0.416 e. The number of benzene rings is 2. The van der Waals surface area contributed by atoms with Crippen LogP contribution < -0.4 is 20.1 Å². The average molecular weight is 368 g/mol. The van der Waals surface area contributed by atoms with Crippen LogP contribution in [-0.4, -0.2) is 32.7 Å². The number of ether oxygens (including phenoxy) is 2. The van der Waals surface area contributed by atoms with Gasteiger partial charge in [-0.3, -0.25) is 4.79 Å². The van der Waals surface area contributed by atoms with E-state index in [1.54, 1.807) is 31.4 Å². The zero-order valence-corrected chi connectivity index (χ0v) is 14.1. The molecular formula is C18H19F3N2O3. The summed E-state index contributed by atoms with van der Waals surface area (Å²) in [6.45, 7) is 0.819. The van der Waals surface area contributed by atoms with Crippen LogP contribution in [0.1, 0.15) is 5.56 Å². The number of rotatable bonds is 8. The predicted octanol–water partition coefficient (Wildman–Crippen LogP) is 3.32. The van der Waals surface area contributed by atoms with Crippen molar-refractivity contribution < 1.29 is 27.4 Å². The minimum Gasteiger partial charge on any atom is -0.497 e. The maximum absolute atomic E-state index is 12.5. The van der Waals surface area contributed by atoms with E-state index in [4.69, 9.17) is 9.47 Å². The molecule has 2 rings (SSSR count). The van der Waals surface area contributed by atoms with E-state index in [1.165, 1.54) is 12.1 Å². The molecule has 2 aromatic rings. The van der Waals surface area contributed by atoms with E-state index in [9.17, 15) is 18.0 Å². The number of carbonyl (C=O) groups is 1. The number of nitrogens with one attached hydrogen (secondary N) is 2. The summed E-state index contributed by atoms with van der Waals surface area (Å²) in [7, 11) is 1.58. The normalized spacial score (nSPS) is 11.1. The number of carbonyl (C=O) groups excluding carboxylic acids is 1. The highest BCUT2D eigenvalue weighted by Gasteiger charge is 2.29. The molecule has 0 atom stereocenters. The van der Waals surface area contributed by atoms with Crippen molar-refractivity contribution in [2.75, 3.05) is 32.1 Å². The number of amides is 1. The second-order valence-electron chi connectivity index (χ2n) is 5.32. The van der Waals surface area contributed by atoms with Gasteiger partial charge in [-0.2, -0.15) is 13.2 Å². The molecule has 0 radical (unpaired) electrons. The molecule has 140 valence electrons. The molecule has 0 saturated carbocycles. The first-order valence-electron chi connectivity index (χ1n) is 7.83. The fourth-order valence-electron chi connectivity index (χ4n) is 2.06. The molecule has 0 spiro atoms. The third-order valence-electron chi connectivity index (χ3n) is 3.39. The first kappa shape index (κ1) is 19.6. The summed E-state index contributed by atoms with van der Waals surface area (Å²) in [5.74, 6) is 1.06. The highest BCUT2D eigenvalue weighted by molar-refractivity contribution is 5.92. The lowest BCUT2D eigenvalue weighted by atomic mass is 10.2. The van der Waals surface area contributed by atoms with Crippen molar-refractivity contribution in [3.05, 3.63) is 54.1 Å².